The smallest absolute Gasteiger partial charge is 0.319 e. The zero-order valence-corrected chi connectivity index (χ0v) is 12.2. The standard InChI is InChI=1S/C15H23N3O2/c1-17(2)15(20)18-9-7-14(8-10-18)16-13-5-3-12(11-19)4-6-13/h3-6,14,16,19H,7-11H2,1-2H3. The molecule has 5 nitrogen and oxygen atoms in total. The topological polar surface area (TPSA) is 55.8 Å². The summed E-state index contributed by atoms with van der Waals surface area (Å²) in [4.78, 5) is 15.4. The first-order valence-electron chi connectivity index (χ1n) is 7.02. The lowest BCUT2D eigenvalue weighted by molar-refractivity contribution is 0.158. The third kappa shape index (κ3) is 3.63. The summed E-state index contributed by atoms with van der Waals surface area (Å²) < 4.78 is 0. The molecular formula is C15H23N3O2. The van der Waals surface area contributed by atoms with Gasteiger partial charge in [-0.25, -0.2) is 4.79 Å². The van der Waals surface area contributed by atoms with Crippen LogP contribution in [0.3, 0.4) is 0 Å². The number of carbonyl (C=O) groups is 1. The van der Waals surface area contributed by atoms with Crippen molar-refractivity contribution < 1.29 is 9.90 Å². The molecule has 5 heteroatoms. The van der Waals surface area contributed by atoms with Crippen LogP contribution in [0.2, 0.25) is 0 Å². The van der Waals surface area contributed by atoms with Crippen molar-refractivity contribution in [3.05, 3.63) is 29.8 Å². The van der Waals surface area contributed by atoms with Crippen molar-refractivity contribution in [2.75, 3.05) is 32.5 Å². The van der Waals surface area contributed by atoms with Crippen LogP contribution in [0.25, 0.3) is 0 Å². The van der Waals surface area contributed by atoms with Crippen molar-refractivity contribution in [1.82, 2.24) is 9.80 Å². The number of hydrogen-bond acceptors (Lipinski definition) is 3. The molecular weight excluding hydrogens is 254 g/mol. The second kappa shape index (κ2) is 6.61. The van der Waals surface area contributed by atoms with Gasteiger partial charge in [-0.2, -0.15) is 0 Å². The highest BCUT2D eigenvalue weighted by Crippen LogP contribution is 2.18. The zero-order chi connectivity index (χ0) is 14.5. The Morgan fingerprint density at radius 1 is 1.30 bits per heavy atom. The van der Waals surface area contributed by atoms with Gasteiger partial charge in [0, 0.05) is 38.9 Å². The average molecular weight is 277 g/mol. The number of rotatable bonds is 3. The molecule has 1 aliphatic rings. The van der Waals surface area contributed by atoms with Crippen LogP contribution >= 0.6 is 0 Å². The lowest BCUT2D eigenvalue weighted by Crippen LogP contribution is -2.46. The van der Waals surface area contributed by atoms with Crippen LogP contribution in [-0.4, -0.2) is 54.2 Å². The fraction of sp³-hybridized carbons (Fsp3) is 0.533. The third-order valence-corrected chi connectivity index (χ3v) is 3.66. The number of nitrogens with one attached hydrogen (secondary N) is 1. The van der Waals surface area contributed by atoms with Gasteiger partial charge in [0.1, 0.15) is 0 Å². The molecule has 0 unspecified atom stereocenters. The van der Waals surface area contributed by atoms with Gasteiger partial charge in [0.05, 0.1) is 6.61 Å². The van der Waals surface area contributed by atoms with Gasteiger partial charge in [0.2, 0.25) is 0 Å². The van der Waals surface area contributed by atoms with Gasteiger partial charge in [-0.1, -0.05) is 12.1 Å². The van der Waals surface area contributed by atoms with E-state index in [-0.39, 0.29) is 12.6 Å². The van der Waals surface area contributed by atoms with E-state index < -0.39 is 0 Å². The van der Waals surface area contributed by atoms with E-state index in [9.17, 15) is 4.79 Å². The summed E-state index contributed by atoms with van der Waals surface area (Å²) in [7, 11) is 3.57. The minimum Gasteiger partial charge on any atom is -0.392 e. The van der Waals surface area contributed by atoms with Crippen molar-refractivity contribution in [3.8, 4) is 0 Å². The fourth-order valence-corrected chi connectivity index (χ4v) is 2.44. The Kier molecular flexibility index (Phi) is 4.84. The SMILES string of the molecule is CN(C)C(=O)N1CCC(Nc2ccc(CO)cc2)CC1. The van der Waals surface area contributed by atoms with Gasteiger partial charge in [-0.3, -0.25) is 0 Å². The van der Waals surface area contributed by atoms with Crippen LogP contribution in [0.4, 0.5) is 10.5 Å². The van der Waals surface area contributed by atoms with Crippen molar-refractivity contribution >= 4 is 11.7 Å². The molecule has 20 heavy (non-hydrogen) atoms. The maximum absolute atomic E-state index is 11.8. The van der Waals surface area contributed by atoms with Crippen LogP contribution in [0.5, 0.6) is 0 Å². The molecule has 2 N–H and O–H groups in total. The molecule has 2 amide bonds. The molecule has 0 bridgehead atoms. The van der Waals surface area contributed by atoms with Crippen LogP contribution < -0.4 is 5.32 Å². The highest BCUT2D eigenvalue weighted by Gasteiger charge is 2.23. The van der Waals surface area contributed by atoms with E-state index in [0.29, 0.717) is 6.04 Å². The maximum Gasteiger partial charge on any atom is 0.319 e. The number of likely N-dealkylation sites (tertiary alicyclic amines) is 1. The molecule has 110 valence electrons. The first-order chi connectivity index (χ1) is 9.60. The van der Waals surface area contributed by atoms with Crippen molar-refractivity contribution in [2.45, 2.75) is 25.5 Å². The number of benzene rings is 1. The number of aliphatic hydroxyl groups excluding tert-OH is 1. The average Bonchev–Trinajstić information content (AvgIpc) is 2.48. The van der Waals surface area contributed by atoms with Crippen molar-refractivity contribution in [1.29, 1.82) is 0 Å². The first kappa shape index (κ1) is 14.7. The Morgan fingerprint density at radius 2 is 1.90 bits per heavy atom. The number of amides is 2. The predicted octanol–water partition coefficient (Wildman–Crippen LogP) is 1.74. The summed E-state index contributed by atoms with van der Waals surface area (Å²) in [6, 6.07) is 8.32. The molecule has 0 spiro atoms. The monoisotopic (exact) mass is 277 g/mol. The van der Waals surface area contributed by atoms with E-state index in [4.69, 9.17) is 5.11 Å². The molecule has 0 aliphatic carbocycles. The summed E-state index contributed by atoms with van der Waals surface area (Å²) in [5, 5.41) is 12.5. The van der Waals surface area contributed by atoms with Gasteiger partial charge < -0.3 is 20.2 Å². The molecule has 1 aliphatic heterocycles. The zero-order valence-electron chi connectivity index (χ0n) is 12.2. The maximum atomic E-state index is 11.8. The molecule has 1 heterocycles. The number of aliphatic hydroxyl groups is 1. The molecule has 2 rings (SSSR count). The minimum absolute atomic E-state index is 0.0747. The number of urea groups is 1. The Morgan fingerprint density at radius 3 is 2.40 bits per heavy atom. The van der Waals surface area contributed by atoms with E-state index in [1.165, 1.54) is 0 Å². The van der Waals surface area contributed by atoms with Crippen LogP contribution in [0.1, 0.15) is 18.4 Å². The second-order valence-electron chi connectivity index (χ2n) is 5.44. The van der Waals surface area contributed by atoms with E-state index in [1.807, 2.05) is 29.2 Å². The van der Waals surface area contributed by atoms with Gasteiger partial charge in [-0.05, 0) is 30.5 Å². The van der Waals surface area contributed by atoms with E-state index in [1.54, 1.807) is 19.0 Å². The fourth-order valence-electron chi connectivity index (χ4n) is 2.44. The van der Waals surface area contributed by atoms with Crippen LogP contribution in [0.15, 0.2) is 24.3 Å². The summed E-state index contributed by atoms with van der Waals surface area (Å²) in [5.74, 6) is 0. The molecule has 1 fully saturated rings. The number of hydrogen-bond donors (Lipinski definition) is 2. The van der Waals surface area contributed by atoms with E-state index in [2.05, 4.69) is 5.32 Å². The third-order valence-electron chi connectivity index (χ3n) is 3.66. The van der Waals surface area contributed by atoms with Gasteiger partial charge in [0.25, 0.3) is 0 Å². The second-order valence-corrected chi connectivity index (χ2v) is 5.44. The summed E-state index contributed by atoms with van der Waals surface area (Å²) in [5.41, 5.74) is 1.99. The lowest BCUT2D eigenvalue weighted by Gasteiger charge is -2.34. The Hall–Kier alpha value is -1.75. The van der Waals surface area contributed by atoms with Gasteiger partial charge >= 0.3 is 6.03 Å². The number of nitrogens with zero attached hydrogens (tertiary/aromatic N) is 2. The van der Waals surface area contributed by atoms with Gasteiger partial charge in [-0.15, -0.1) is 0 Å². The summed E-state index contributed by atoms with van der Waals surface area (Å²) in [6.07, 6.45) is 1.92. The number of piperidine rings is 1. The highest BCUT2D eigenvalue weighted by atomic mass is 16.3. The largest absolute Gasteiger partial charge is 0.392 e. The molecule has 0 aromatic heterocycles. The molecule has 1 aromatic carbocycles. The Bertz CT molecular complexity index is 437. The molecule has 1 aromatic rings. The van der Waals surface area contributed by atoms with E-state index >= 15 is 0 Å². The number of anilines is 1. The lowest BCUT2D eigenvalue weighted by atomic mass is 10.0. The summed E-state index contributed by atoms with van der Waals surface area (Å²) >= 11 is 0. The first-order valence-corrected chi connectivity index (χ1v) is 7.02. The normalized spacial score (nSPS) is 16.1. The highest BCUT2D eigenvalue weighted by molar-refractivity contribution is 5.73. The predicted molar refractivity (Wildman–Crippen MR) is 79.7 cm³/mol. The Labute approximate surface area is 120 Å². The molecule has 0 radical (unpaired) electrons. The van der Waals surface area contributed by atoms with Crippen LogP contribution in [-0.2, 0) is 6.61 Å². The molecule has 0 atom stereocenters. The summed E-state index contributed by atoms with van der Waals surface area (Å²) in [6.45, 7) is 1.66. The molecule has 1 saturated heterocycles. The van der Waals surface area contributed by atoms with E-state index in [0.717, 1.165) is 37.2 Å². The number of carbonyl (C=O) groups excluding carboxylic acids is 1. The molecule has 0 saturated carbocycles. The van der Waals surface area contributed by atoms with Crippen molar-refractivity contribution in [3.63, 3.8) is 0 Å². The van der Waals surface area contributed by atoms with Crippen molar-refractivity contribution in [2.24, 2.45) is 0 Å². The minimum atomic E-state index is 0.0747. The Balaban J connectivity index is 1.83. The van der Waals surface area contributed by atoms with Gasteiger partial charge in [0.15, 0.2) is 0 Å². The van der Waals surface area contributed by atoms with Crippen LogP contribution in [0, 0.1) is 0 Å². The quantitative estimate of drug-likeness (QED) is 0.885.